The summed E-state index contributed by atoms with van der Waals surface area (Å²) in [5.41, 5.74) is 1.01. The lowest BCUT2D eigenvalue weighted by atomic mass is 9.90. The number of likely N-dealkylation sites (N-methyl/N-ethyl adjacent to an activating group) is 1. The quantitative estimate of drug-likeness (QED) is 0.615. The van der Waals surface area contributed by atoms with E-state index < -0.39 is 0 Å². The summed E-state index contributed by atoms with van der Waals surface area (Å²) in [4.78, 5) is 10.6. The molecule has 0 aliphatic rings. The van der Waals surface area contributed by atoms with Crippen molar-refractivity contribution in [2.45, 2.75) is 32.2 Å². The highest BCUT2D eigenvalue weighted by Crippen LogP contribution is 2.29. The molecule has 0 aliphatic heterocycles. The van der Waals surface area contributed by atoms with E-state index in [1.807, 2.05) is 26.1 Å². The lowest BCUT2D eigenvalue weighted by Crippen LogP contribution is -2.30. The molecule has 0 aromatic heterocycles. The highest BCUT2D eigenvalue weighted by Gasteiger charge is 2.22. The van der Waals surface area contributed by atoms with Gasteiger partial charge in [-0.3, -0.25) is 10.1 Å². The van der Waals surface area contributed by atoms with Gasteiger partial charge in [0.2, 0.25) is 0 Å². The van der Waals surface area contributed by atoms with Gasteiger partial charge in [-0.2, -0.15) is 0 Å². The highest BCUT2D eigenvalue weighted by molar-refractivity contribution is 5.42. The Kier molecular flexibility index (Phi) is 4.43. The number of nitro benzene ring substituents is 1. The first-order valence-electron chi connectivity index (χ1n) is 5.52. The van der Waals surface area contributed by atoms with Crippen LogP contribution in [0.3, 0.4) is 0 Å². The van der Waals surface area contributed by atoms with Crippen LogP contribution in [0, 0.1) is 10.1 Å². The Morgan fingerprint density at radius 2 is 2.06 bits per heavy atom. The maximum absolute atomic E-state index is 10.9. The molecule has 4 nitrogen and oxygen atoms in total. The molecule has 0 spiro atoms. The molecule has 16 heavy (non-hydrogen) atoms. The van der Waals surface area contributed by atoms with Crippen molar-refractivity contribution in [1.29, 1.82) is 0 Å². The second-order valence-electron chi connectivity index (χ2n) is 3.91. The molecule has 88 valence electrons. The standard InChI is InChI=1S/C12H18N2O2/c1-4-11(13-3)9(2)10-7-5-6-8-12(10)14(15)16/h5-9,11,13H,4H2,1-3H3. The van der Waals surface area contributed by atoms with E-state index in [0.29, 0.717) is 0 Å². The molecule has 1 rings (SSSR count). The van der Waals surface area contributed by atoms with Crippen LogP contribution in [0.15, 0.2) is 24.3 Å². The van der Waals surface area contributed by atoms with Gasteiger partial charge in [-0.25, -0.2) is 0 Å². The second-order valence-corrected chi connectivity index (χ2v) is 3.91. The number of para-hydroxylation sites is 1. The van der Waals surface area contributed by atoms with Crippen LogP contribution in [0.1, 0.15) is 31.7 Å². The summed E-state index contributed by atoms with van der Waals surface area (Å²) in [6, 6.07) is 7.22. The Morgan fingerprint density at radius 1 is 1.44 bits per heavy atom. The largest absolute Gasteiger partial charge is 0.316 e. The Bertz CT molecular complexity index is 362. The fourth-order valence-corrected chi connectivity index (χ4v) is 2.06. The van der Waals surface area contributed by atoms with Crippen molar-refractivity contribution in [3.63, 3.8) is 0 Å². The number of benzene rings is 1. The normalized spacial score (nSPS) is 14.4. The summed E-state index contributed by atoms with van der Waals surface area (Å²) in [6.45, 7) is 4.10. The van der Waals surface area contributed by atoms with E-state index in [1.54, 1.807) is 12.1 Å². The molecule has 1 N–H and O–H groups in total. The zero-order valence-corrected chi connectivity index (χ0v) is 9.93. The van der Waals surface area contributed by atoms with Crippen LogP contribution in [0.2, 0.25) is 0 Å². The Hall–Kier alpha value is -1.42. The Morgan fingerprint density at radius 3 is 2.56 bits per heavy atom. The Labute approximate surface area is 95.8 Å². The Balaban J connectivity index is 3.07. The predicted molar refractivity (Wildman–Crippen MR) is 64.7 cm³/mol. The van der Waals surface area contributed by atoms with Gasteiger partial charge in [0.15, 0.2) is 0 Å². The van der Waals surface area contributed by atoms with E-state index in [1.165, 1.54) is 0 Å². The van der Waals surface area contributed by atoms with Gasteiger partial charge < -0.3 is 5.32 Å². The van der Waals surface area contributed by atoms with Gasteiger partial charge in [0.1, 0.15) is 0 Å². The second kappa shape index (κ2) is 5.61. The molecular formula is C12H18N2O2. The van der Waals surface area contributed by atoms with E-state index in [0.717, 1.165) is 12.0 Å². The molecular weight excluding hydrogens is 204 g/mol. The molecule has 2 unspecified atom stereocenters. The van der Waals surface area contributed by atoms with Crippen LogP contribution in [0.5, 0.6) is 0 Å². The third-order valence-electron chi connectivity index (χ3n) is 3.04. The fraction of sp³-hybridized carbons (Fsp3) is 0.500. The SMILES string of the molecule is CCC(NC)C(C)c1ccccc1[N+](=O)[O-]. The lowest BCUT2D eigenvalue weighted by Gasteiger charge is -2.22. The van der Waals surface area contributed by atoms with Crippen molar-refractivity contribution in [2.75, 3.05) is 7.05 Å². The minimum atomic E-state index is -0.311. The highest BCUT2D eigenvalue weighted by atomic mass is 16.6. The third kappa shape index (κ3) is 2.58. The predicted octanol–water partition coefficient (Wildman–Crippen LogP) is 2.70. The van der Waals surface area contributed by atoms with Crippen LogP contribution in [-0.2, 0) is 0 Å². The van der Waals surface area contributed by atoms with Gasteiger partial charge in [0.25, 0.3) is 5.69 Å². The minimum absolute atomic E-state index is 0.136. The van der Waals surface area contributed by atoms with Crippen molar-refractivity contribution in [2.24, 2.45) is 0 Å². The maximum atomic E-state index is 10.9. The van der Waals surface area contributed by atoms with Crippen LogP contribution in [0.4, 0.5) is 5.69 Å². The summed E-state index contributed by atoms with van der Waals surface area (Å²) in [6.07, 6.45) is 0.948. The summed E-state index contributed by atoms with van der Waals surface area (Å²) < 4.78 is 0. The maximum Gasteiger partial charge on any atom is 0.272 e. The first-order chi connectivity index (χ1) is 7.61. The number of nitro groups is 1. The molecule has 0 saturated heterocycles. The zero-order chi connectivity index (χ0) is 12.1. The lowest BCUT2D eigenvalue weighted by molar-refractivity contribution is -0.385. The van der Waals surface area contributed by atoms with Gasteiger partial charge in [0.05, 0.1) is 4.92 Å². The van der Waals surface area contributed by atoms with Crippen molar-refractivity contribution in [1.82, 2.24) is 5.32 Å². The number of rotatable bonds is 5. The zero-order valence-electron chi connectivity index (χ0n) is 9.93. The van der Waals surface area contributed by atoms with Crippen molar-refractivity contribution in [3.05, 3.63) is 39.9 Å². The summed E-state index contributed by atoms with van der Waals surface area (Å²) in [7, 11) is 1.89. The molecule has 4 heteroatoms. The molecule has 2 atom stereocenters. The van der Waals surface area contributed by atoms with Gasteiger partial charge in [-0.05, 0) is 13.5 Å². The van der Waals surface area contributed by atoms with E-state index in [4.69, 9.17) is 0 Å². The van der Waals surface area contributed by atoms with Crippen molar-refractivity contribution < 1.29 is 4.92 Å². The van der Waals surface area contributed by atoms with Gasteiger partial charge in [-0.15, -0.1) is 0 Å². The van der Waals surface area contributed by atoms with E-state index in [2.05, 4.69) is 12.2 Å². The summed E-state index contributed by atoms with van der Waals surface area (Å²) in [5.74, 6) is 0.136. The molecule has 1 aromatic rings. The van der Waals surface area contributed by atoms with Crippen molar-refractivity contribution in [3.8, 4) is 0 Å². The van der Waals surface area contributed by atoms with Gasteiger partial charge in [-0.1, -0.05) is 32.0 Å². The molecule has 0 bridgehead atoms. The topological polar surface area (TPSA) is 55.2 Å². The molecule has 1 aromatic carbocycles. The van der Waals surface area contributed by atoms with Crippen LogP contribution in [-0.4, -0.2) is 18.0 Å². The fourth-order valence-electron chi connectivity index (χ4n) is 2.06. The smallest absolute Gasteiger partial charge is 0.272 e. The molecule has 0 radical (unpaired) electrons. The number of hydrogen-bond acceptors (Lipinski definition) is 3. The molecule has 0 fully saturated rings. The third-order valence-corrected chi connectivity index (χ3v) is 3.04. The average Bonchev–Trinajstić information content (AvgIpc) is 2.30. The van der Waals surface area contributed by atoms with Crippen LogP contribution < -0.4 is 5.32 Å². The van der Waals surface area contributed by atoms with Crippen LogP contribution in [0.25, 0.3) is 0 Å². The average molecular weight is 222 g/mol. The first-order valence-corrected chi connectivity index (χ1v) is 5.52. The summed E-state index contributed by atoms with van der Waals surface area (Å²) >= 11 is 0. The molecule has 0 aliphatic carbocycles. The van der Waals surface area contributed by atoms with Crippen molar-refractivity contribution >= 4 is 5.69 Å². The van der Waals surface area contributed by atoms with E-state index in [-0.39, 0.29) is 22.6 Å². The first kappa shape index (κ1) is 12.6. The number of nitrogens with zero attached hydrogens (tertiary/aromatic N) is 1. The number of hydrogen-bond donors (Lipinski definition) is 1. The van der Waals surface area contributed by atoms with E-state index >= 15 is 0 Å². The van der Waals surface area contributed by atoms with Gasteiger partial charge in [0, 0.05) is 23.6 Å². The minimum Gasteiger partial charge on any atom is -0.316 e. The molecule has 0 amide bonds. The van der Waals surface area contributed by atoms with Crippen LogP contribution >= 0.6 is 0 Å². The summed E-state index contributed by atoms with van der Waals surface area (Å²) in [5, 5.41) is 14.1. The molecule has 0 saturated carbocycles. The van der Waals surface area contributed by atoms with E-state index in [9.17, 15) is 10.1 Å². The van der Waals surface area contributed by atoms with Gasteiger partial charge >= 0.3 is 0 Å². The monoisotopic (exact) mass is 222 g/mol. The number of nitrogens with one attached hydrogen (secondary N) is 1. The molecule has 0 heterocycles.